The number of hydrogen-bond acceptors (Lipinski definition) is 7. The van der Waals surface area contributed by atoms with Crippen molar-refractivity contribution in [2.24, 2.45) is 11.8 Å². The molecular formula is C14H20N4O2S. The van der Waals surface area contributed by atoms with Crippen LogP contribution in [0.1, 0.15) is 22.7 Å². The molecule has 1 saturated heterocycles. The number of ether oxygens (including phenoxy) is 2. The van der Waals surface area contributed by atoms with Crippen molar-refractivity contribution in [1.82, 2.24) is 9.97 Å². The van der Waals surface area contributed by atoms with E-state index >= 15 is 0 Å². The Bertz CT molecular complexity index is 637. The molecule has 1 unspecified atom stereocenters. The number of nitrogens with two attached hydrogens (primary N) is 1. The first-order valence-corrected chi connectivity index (χ1v) is 7.89. The number of aromatic nitrogens is 2. The topological polar surface area (TPSA) is 82.3 Å². The number of hydrazine groups is 1. The van der Waals surface area contributed by atoms with Gasteiger partial charge < -0.3 is 14.9 Å². The van der Waals surface area contributed by atoms with Gasteiger partial charge in [-0.1, -0.05) is 0 Å². The third kappa shape index (κ3) is 3.01. The molecule has 1 aliphatic rings. The highest BCUT2D eigenvalue weighted by Gasteiger charge is 2.17. The minimum absolute atomic E-state index is 0.400. The first-order valence-electron chi connectivity index (χ1n) is 7.07. The molecule has 114 valence electrons. The summed E-state index contributed by atoms with van der Waals surface area (Å²) in [6.07, 6.45) is 1.07. The lowest BCUT2D eigenvalue weighted by molar-refractivity contribution is 0.0755. The molecule has 0 amide bonds. The number of nitrogen functional groups attached to an aromatic ring is 1. The molecule has 3 heterocycles. The van der Waals surface area contributed by atoms with Gasteiger partial charge in [-0.05, 0) is 25.8 Å². The fraction of sp³-hybridized carbons (Fsp3) is 0.571. The number of hydrogen-bond donors (Lipinski definition) is 2. The molecule has 1 fully saturated rings. The van der Waals surface area contributed by atoms with E-state index in [1.807, 2.05) is 0 Å². The van der Waals surface area contributed by atoms with Crippen molar-refractivity contribution in [2.75, 3.05) is 25.2 Å². The summed E-state index contributed by atoms with van der Waals surface area (Å²) >= 11 is 1.66. The maximum Gasteiger partial charge on any atom is 0.158 e. The Balaban J connectivity index is 1.76. The van der Waals surface area contributed by atoms with Crippen molar-refractivity contribution in [3.8, 4) is 0 Å². The number of aryl methyl sites for hydroxylation is 2. The third-order valence-corrected chi connectivity index (χ3v) is 4.92. The molecule has 3 rings (SSSR count). The Labute approximate surface area is 127 Å². The quantitative estimate of drug-likeness (QED) is 0.650. The fourth-order valence-corrected chi connectivity index (χ4v) is 3.54. The number of rotatable bonds is 5. The minimum Gasteiger partial charge on any atom is -0.381 e. The second kappa shape index (κ2) is 6.23. The molecule has 0 spiro atoms. The summed E-state index contributed by atoms with van der Waals surface area (Å²) in [5.41, 5.74) is 3.86. The van der Waals surface area contributed by atoms with Gasteiger partial charge in [-0.2, -0.15) is 0 Å². The zero-order valence-corrected chi connectivity index (χ0v) is 13.1. The molecule has 0 aliphatic carbocycles. The highest BCUT2D eigenvalue weighted by Crippen LogP contribution is 2.32. The van der Waals surface area contributed by atoms with Gasteiger partial charge in [0.1, 0.15) is 11.4 Å². The lowest BCUT2D eigenvalue weighted by atomic mass is 10.1. The standard InChI is InChI=1S/C14H20N4O2S/c1-8-9(2)21-14-12(8)13(18-15)16-11(17-14)7-20-6-10-3-4-19-5-10/h10H,3-7,15H2,1-2H3,(H,16,17,18). The number of thiophene rings is 1. The van der Waals surface area contributed by atoms with Gasteiger partial charge >= 0.3 is 0 Å². The number of nitrogens with zero attached hydrogens (tertiary/aromatic N) is 2. The molecule has 7 heteroatoms. The molecule has 2 aromatic rings. The Morgan fingerprint density at radius 3 is 3.00 bits per heavy atom. The average molecular weight is 308 g/mol. The van der Waals surface area contributed by atoms with Gasteiger partial charge in [0.25, 0.3) is 0 Å². The normalized spacial score (nSPS) is 18.5. The molecule has 1 aliphatic heterocycles. The second-order valence-corrected chi connectivity index (χ2v) is 6.54. The molecule has 1 atom stereocenters. The van der Waals surface area contributed by atoms with E-state index in [2.05, 4.69) is 29.2 Å². The summed E-state index contributed by atoms with van der Waals surface area (Å²) in [6.45, 7) is 6.86. The Kier molecular flexibility index (Phi) is 4.34. The fourth-order valence-electron chi connectivity index (χ4n) is 2.49. The van der Waals surface area contributed by atoms with Crippen molar-refractivity contribution < 1.29 is 9.47 Å². The van der Waals surface area contributed by atoms with Crippen LogP contribution in [0, 0.1) is 19.8 Å². The second-order valence-electron chi connectivity index (χ2n) is 5.34. The van der Waals surface area contributed by atoms with E-state index in [1.54, 1.807) is 11.3 Å². The van der Waals surface area contributed by atoms with Crippen LogP contribution in [0.3, 0.4) is 0 Å². The van der Waals surface area contributed by atoms with Gasteiger partial charge in [0.2, 0.25) is 0 Å². The van der Waals surface area contributed by atoms with Gasteiger partial charge in [-0.15, -0.1) is 11.3 Å². The van der Waals surface area contributed by atoms with Gasteiger partial charge in [0.15, 0.2) is 11.6 Å². The lowest BCUT2D eigenvalue weighted by Gasteiger charge is -2.09. The lowest BCUT2D eigenvalue weighted by Crippen LogP contribution is -2.13. The van der Waals surface area contributed by atoms with Crippen LogP contribution in [0.15, 0.2) is 0 Å². The van der Waals surface area contributed by atoms with Crippen LogP contribution < -0.4 is 11.3 Å². The third-order valence-electron chi connectivity index (χ3n) is 3.82. The zero-order chi connectivity index (χ0) is 14.8. The maximum absolute atomic E-state index is 5.72. The van der Waals surface area contributed by atoms with Gasteiger partial charge in [-0.3, -0.25) is 0 Å². The van der Waals surface area contributed by atoms with Crippen LogP contribution in [-0.2, 0) is 16.1 Å². The van der Waals surface area contributed by atoms with Gasteiger partial charge in [-0.25, -0.2) is 15.8 Å². The predicted octanol–water partition coefficient (Wildman–Crippen LogP) is 2.15. The van der Waals surface area contributed by atoms with Crippen molar-refractivity contribution in [1.29, 1.82) is 0 Å². The monoisotopic (exact) mass is 308 g/mol. The van der Waals surface area contributed by atoms with Crippen molar-refractivity contribution in [2.45, 2.75) is 26.9 Å². The van der Waals surface area contributed by atoms with Crippen LogP contribution >= 0.6 is 11.3 Å². The van der Waals surface area contributed by atoms with E-state index < -0.39 is 0 Å². The number of anilines is 1. The van der Waals surface area contributed by atoms with E-state index in [0.717, 1.165) is 29.9 Å². The molecule has 6 nitrogen and oxygen atoms in total. The van der Waals surface area contributed by atoms with Crippen molar-refractivity contribution in [3.05, 3.63) is 16.3 Å². The predicted molar refractivity (Wildman–Crippen MR) is 83.3 cm³/mol. The van der Waals surface area contributed by atoms with Crippen molar-refractivity contribution >= 4 is 27.4 Å². The SMILES string of the molecule is Cc1sc2nc(COCC3CCOC3)nc(NN)c2c1C. The summed E-state index contributed by atoms with van der Waals surface area (Å²) in [5, 5.41) is 1.01. The van der Waals surface area contributed by atoms with Gasteiger partial charge in [0, 0.05) is 17.4 Å². The van der Waals surface area contributed by atoms with Crippen LogP contribution in [-0.4, -0.2) is 29.8 Å². The summed E-state index contributed by atoms with van der Waals surface area (Å²) in [7, 11) is 0. The van der Waals surface area contributed by atoms with E-state index in [9.17, 15) is 0 Å². The first kappa shape index (κ1) is 14.6. The molecule has 3 N–H and O–H groups in total. The Hall–Kier alpha value is -1.28. The molecule has 21 heavy (non-hydrogen) atoms. The Morgan fingerprint density at radius 2 is 2.29 bits per heavy atom. The highest BCUT2D eigenvalue weighted by atomic mass is 32.1. The van der Waals surface area contributed by atoms with Crippen LogP contribution in [0.25, 0.3) is 10.2 Å². The molecule has 2 aromatic heterocycles. The molecule has 0 aromatic carbocycles. The van der Waals surface area contributed by atoms with Crippen LogP contribution in [0.4, 0.5) is 5.82 Å². The van der Waals surface area contributed by atoms with Gasteiger partial charge in [0.05, 0.1) is 18.6 Å². The maximum atomic E-state index is 5.72. The zero-order valence-electron chi connectivity index (χ0n) is 12.3. The Morgan fingerprint density at radius 1 is 1.43 bits per heavy atom. The highest BCUT2D eigenvalue weighted by molar-refractivity contribution is 7.18. The van der Waals surface area contributed by atoms with Crippen LogP contribution in [0.2, 0.25) is 0 Å². The summed E-state index contributed by atoms with van der Waals surface area (Å²) in [5.74, 6) is 7.42. The average Bonchev–Trinajstić information content (AvgIpc) is 3.08. The molecule has 0 radical (unpaired) electrons. The smallest absolute Gasteiger partial charge is 0.158 e. The van der Waals surface area contributed by atoms with E-state index in [1.165, 1.54) is 10.4 Å². The summed E-state index contributed by atoms with van der Waals surface area (Å²) in [4.78, 5) is 11.2. The summed E-state index contributed by atoms with van der Waals surface area (Å²) < 4.78 is 11.1. The molecule has 0 saturated carbocycles. The van der Waals surface area contributed by atoms with E-state index in [4.69, 9.17) is 15.3 Å². The molecular weight excluding hydrogens is 288 g/mol. The van der Waals surface area contributed by atoms with E-state index in [0.29, 0.717) is 30.8 Å². The van der Waals surface area contributed by atoms with E-state index in [-0.39, 0.29) is 0 Å². The minimum atomic E-state index is 0.400. The number of nitrogens with one attached hydrogen (secondary N) is 1. The molecule has 0 bridgehead atoms. The number of fused-ring (bicyclic) bond motifs is 1. The largest absolute Gasteiger partial charge is 0.381 e. The summed E-state index contributed by atoms with van der Waals surface area (Å²) in [6, 6.07) is 0. The van der Waals surface area contributed by atoms with Crippen molar-refractivity contribution in [3.63, 3.8) is 0 Å². The first-order chi connectivity index (χ1) is 10.2. The van der Waals surface area contributed by atoms with Crippen LogP contribution in [0.5, 0.6) is 0 Å².